The van der Waals surface area contributed by atoms with Gasteiger partial charge in [0.15, 0.2) is 5.65 Å². The van der Waals surface area contributed by atoms with Crippen LogP contribution in [0.4, 0.5) is 0 Å². The lowest BCUT2D eigenvalue weighted by atomic mass is 9.75. The molecule has 2 unspecified atom stereocenters. The highest BCUT2D eigenvalue weighted by Crippen LogP contribution is 2.65. The summed E-state index contributed by atoms with van der Waals surface area (Å²) >= 11 is 0. The Bertz CT molecular complexity index is 1140. The third-order valence-corrected chi connectivity index (χ3v) is 9.22. The summed E-state index contributed by atoms with van der Waals surface area (Å²) in [6.07, 6.45) is 8.05. The van der Waals surface area contributed by atoms with Gasteiger partial charge in [0.25, 0.3) is 5.56 Å². The molecule has 5 aliphatic rings. The second-order valence-electron chi connectivity index (χ2n) is 11.4. The number of aromatic nitrogens is 4. The van der Waals surface area contributed by atoms with E-state index in [2.05, 4.69) is 21.8 Å². The molecule has 4 bridgehead atoms. The van der Waals surface area contributed by atoms with Crippen molar-refractivity contribution in [1.29, 1.82) is 0 Å². The Morgan fingerprint density at radius 3 is 2.39 bits per heavy atom. The van der Waals surface area contributed by atoms with E-state index in [1.165, 1.54) is 36.7 Å². The first-order valence-corrected chi connectivity index (χ1v) is 13.1. The van der Waals surface area contributed by atoms with E-state index < -0.39 is 0 Å². The zero-order valence-electron chi connectivity index (χ0n) is 20.2. The normalized spacial score (nSPS) is 31.9. The summed E-state index contributed by atoms with van der Waals surface area (Å²) < 4.78 is 3.22. The molecule has 0 spiro atoms. The molecule has 180 valence electrons. The maximum atomic E-state index is 13.4. The first-order chi connectivity index (χ1) is 16.0. The van der Waals surface area contributed by atoms with Gasteiger partial charge in [0, 0.05) is 44.7 Å². The SMILES string of the molecule is CCCn1c(=O)c2[nH]c(C34CC5CC(CC3C5)C4)nc2n(CCCN2CCN(C)CC2)c1=O. The van der Waals surface area contributed by atoms with Gasteiger partial charge >= 0.3 is 5.69 Å². The van der Waals surface area contributed by atoms with Crippen molar-refractivity contribution >= 4 is 11.2 Å². The second kappa shape index (κ2) is 8.08. The van der Waals surface area contributed by atoms with Crippen LogP contribution in [0.1, 0.15) is 57.7 Å². The molecule has 8 heteroatoms. The van der Waals surface area contributed by atoms with Crippen LogP contribution in [0.3, 0.4) is 0 Å². The number of rotatable bonds is 7. The van der Waals surface area contributed by atoms with E-state index in [0.717, 1.165) is 63.2 Å². The van der Waals surface area contributed by atoms with E-state index in [0.29, 0.717) is 30.2 Å². The van der Waals surface area contributed by atoms with Crippen LogP contribution in [-0.2, 0) is 18.5 Å². The molecule has 0 aromatic carbocycles. The zero-order chi connectivity index (χ0) is 22.7. The van der Waals surface area contributed by atoms with Gasteiger partial charge < -0.3 is 14.8 Å². The largest absolute Gasteiger partial charge is 0.336 e. The minimum Gasteiger partial charge on any atom is -0.336 e. The van der Waals surface area contributed by atoms with Crippen molar-refractivity contribution in [3.05, 3.63) is 26.7 Å². The van der Waals surface area contributed by atoms with Gasteiger partial charge in [-0.3, -0.25) is 13.9 Å². The molecule has 33 heavy (non-hydrogen) atoms. The summed E-state index contributed by atoms with van der Waals surface area (Å²) in [7, 11) is 2.17. The number of nitrogens with one attached hydrogen (secondary N) is 1. The summed E-state index contributed by atoms with van der Waals surface area (Å²) in [4.78, 5) is 40.1. The summed E-state index contributed by atoms with van der Waals surface area (Å²) in [6, 6.07) is 0. The smallest absolute Gasteiger partial charge is 0.332 e. The van der Waals surface area contributed by atoms with Crippen molar-refractivity contribution in [2.45, 2.75) is 70.4 Å². The number of piperazine rings is 1. The van der Waals surface area contributed by atoms with Crippen molar-refractivity contribution in [2.24, 2.45) is 17.8 Å². The fourth-order valence-electron chi connectivity index (χ4n) is 7.73. The maximum absolute atomic E-state index is 13.4. The minimum atomic E-state index is -0.194. The highest BCUT2D eigenvalue weighted by molar-refractivity contribution is 5.70. The summed E-state index contributed by atoms with van der Waals surface area (Å²) in [5, 5.41) is 0. The maximum Gasteiger partial charge on any atom is 0.332 e. The fraction of sp³-hybridized carbons (Fsp3) is 0.800. The Labute approximate surface area is 195 Å². The van der Waals surface area contributed by atoms with Gasteiger partial charge in [0.1, 0.15) is 11.3 Å². The zero-order valence-corrected chi connectivity index (χ0v) is 20.2. The van der Waals surface area contributed by atoms with E-state index >= 15 is 0 Å². The topological polar surface area (TPSA) is 79.2 Å². The number of aryl methyl sites for hydroxylation is 1. The third kappa shape index (κ3) is 3.43. The van der Waals surface area contributed by atoms with Gasteiger partial charge in [-0.15, -0.1) is 0 Å². The summed E-state index contributed by atoms with van der Waals surface area (Å²) in [5.74, 6) is 3.32. The van der Waals surface area contributed by atoms with Crippen LogP contribution >= 0.6 is 0 Å². The number of hydrogen-bond acceptors (Lipinski definition) is 5. The molecule has 0 amide bonds. The molecule has 2 aromatic heterocycles. The Hall–Kier alpha value is -1.93. The average Bonchev–Trinajstić information content (AvgIpc) is 3.42. The van der Waals surface area contributed by atoms with E-state index in [1.807, 2.05) is 6.92 Å². The molecular weight excluding hydrogens is 416 g/mol. The molecule has 0 radical (unpaired) electrons. The van der Waals surface area contributed by atoms with E-state index in [4.69, 9.17) is 4.98 Å². The van der Waals surface area contributed by atoms with E-state index in [-0.39, 0.29) is 16.7 Å². The van der Waals surface area contributed by atoms with Crippen LogP contribution in [0, 0.1) is 17.8 Å². The van der Waals surface area contributed by atoms with Crippen LogP contribution in [0.25, 0.3) is 11.2 Å². The van der Waals surface area contributed by atoms with Crippen molar-refractivity contribution in [3.8, 4) is 0 Å². The Morgan fingerprint density at radius 1 is 0.970 bits per heavy atom. The number of fused-ring (bicyclic) bond motifs is 1. The lowest BCUT2D eigenvalue weighted by molar-refractivity contribution is 0.151. The summed E-state index contributed by atoms with van der Waals surface area (Å²) in [5.41, 5.74) is 0.847. The average molecular weight is 455 g/mol. The quantitative estimate of drug-likeness (QED) is 0.692. The highest BCUT2D eigenvalue weighted by Gasteiger charge is 2.59. The van der Waals surface area contributed by atoms with Gasteiger partial charge in [0.2, 0.25) is 0 Å². The van der Waals surface area contributed by atoms with Gasteiger partial charge in [-0.25, -0.2) is 9.78 Å². The molecule has 2 aromatic rings. The van der Waals surface area contributed by atoms with Crippen molar-refractivity contribution in [3.63, 3.8) is 0 Å². The monoisotopic (exact) mass is 454 g/mol. The number of hydrogen-bond donors (Lipinski definition) is 1. The molecule has 1 aliphatic heterocycles. The number of aromatic amines is 1. The Balaban J connectivity index is 1.34. The molecule has 8 nitrogen and oxygen atoms in total. The molecule has 3 heterocycles. The van der Waals surface area contributed by atoms with Gasteiger partial charge in [0.05, 0.1) is 0 Å². The molecular formula is C25H38N6O2. The number of likely N-dealkylation sites (N-methyl/N-ethyl adjacent to an activating group) is 1. The fourth-order valence-corrected chi connectivity index (χ4v) is 7.73. The Morgan fingerprint density at radius 2 is 1.70 bits per heavy atom. The highest BCUT2D eigenvalue weighted by atomic mass is 16.2. The number of imidazole rings is 1. The predicted octanol–water partition coefficient (Wildman–Crippen LogP) is 2.01. The first kappa shape index (κ1) is 21.6. The molecule has 4 aliphatic carbocycles. The molecule has 4 saturated carbocycles. The van der Waals surface area contributed by atoms with Crippen LogP contribution < -0.4 is 11.2 Å². The van der Waals surface area contributed by atoms with Crippen LogP contribution in [0.5, 0.6) is 0 Å². The standard InChI is InChI=1S/C25H38N6O2/c1-3-5-31-22(32)20-21(30(24(31)33)7-4-6-29-10-8-28(2)9-11-29)27-23(26-20)25-15-17-12-18(16-25)14-19(25)13-17/h17-19H,3-16H2,1-2H3,(H,26,27). The molecule has 2 atom stereocenters. The first-order valence-electron chi connectivity index (χ1n) is 13.1. The van der Waals surface area contributed by atoms with Crippen molar-refractivity contribution < 1.29 is 0 Å². The predicted molar refractivity (Wildman–Crippen MR) is 129 cm³/mol. The van der Waals surface area contributed by atoms with E-state index in [1.54, 1.807) is 4.57 Å². The molecule has 1 saturated heterocycles. The van der Waals surface area contributed by atoms with Crippen molar-refractivity contribution in [2.75, 3.05) is 39.8 Å². The molecule has 1 N–H and O–H groups in total. The lowest BCUT2D eigenvalue weighted by Gasteiger charge is -2.32. The van der Waals surface area contributed by atoms with Crippen molar-refractivity contribution in [1.82, 2.24) is 28.9 Å². The number of H-pyrrole nitrogens is 1. The Kier molecular flexibility index (Phi) is 5.29. The third-order valence-electron chi connectivity index (χ3n) is 9.22. The van der Waals surface area contributed by atoms with E-state index in [9.17, 15) is 9.59 Å². The van der Waals surface area contributed by atoms with Crippen LogP contribution in [-0.4, -0.2) is 68.7 Å². The van der Waals surface area contributed by atoms with Crippen LogP contribution in [0.2, 0.25) is 0 Å². The minimum absolute atomic E-state index is 0.106. The van der Waals surface area contributed by atoms with Gasteiger partial charge in [-0.05, 0) is 76.3 Å². The van der Waals surface area contributed by atoms with Gasteiger partial charge in [-0.1, -0.05) is 6.92 Å². The molecule has 5 fully saturated rings. The number of nitrogens with zero attached hydrogens (tertiary/aromatic N) is 5. The van der Waals surface area contributed by atoms with Gasteiger partial charge in [-0.2, -0.15) is 0 Å². The molecule has 7 rings (SSSR count). The summed E-state index contributed by atoms with van der Waals surface area (Å²) in [6.45, 7) is 8.40. The van der Waals surface area contributed by atoms with Crippen LogP contribution in [0.15, 0.2) is 9.59 Å². The lowest BCUT2D eigenvalue weighted by Crippen LogP contribution is -2.45. The second-order valence-corrected chi connectivity index (χ2v) is 11.4.